The Morgan fingerprint density at radius 3 is 2.03 bits per heavy atom. The number of benzene rings is 3. The second-order valence-corrected chi connectivity index (χ2v) is 8.92. The number of aryl methyl sites for hydroxylation is 1. The van der Waals surface area contributed by atoms with Crippen LogP contribution >= 0.6 is 0 Å². The zero-order chi connectivity index (χ0) is 22.2. The molecule has 0 aliphatic carbocycles. The number of hydrogen-bond acceptors (Lipinski definition) is 2. The third kappa shape index (κ3) is 5.86. The summed E-state index contributed by atoms with van der Waals surface area (Å²) in [6.07, 6.45) is 2.99. The molecule has 1 aliphatic heterocycles. The normalized spacial score (nSPS) is 15.1. The second-order valence-electron chi connectivity index (χ2n) is 8.92. The van der Waals surface area contributed by atoms with Crippen molar-refractivity contribution in [2.45, 2.75) is 38.6 Å². The molecule has 0 aromatic heterocycles. The fourth-order valence-corrected chi connectivity index (χ4v) is 4.76. The van der Waals surface area contributed by atoms with Crippen LogP contribution in [0.25, 0.3) is 0 Å². The van der Waals surface area contributed by atoms with E-state index in [2.05, 4.69) is 89.9 Å². The Morgan fingerprint density at radius 1 is 0.875 bits per heavy atom. The van der Waals surface area contributed by atoms with Crippen molar-refractivity contribution in [3.63, 3.8) is 0 Å². The van der Waals surface area contributed by atoms with Gasteiger partial charge in [-0.3, -0.25) is 4.79 Å². The summed E-state index contributed by atoms with van der Waals surface area (Å²) in [5.41, 5.74) is 5.19. The second kappa shape index (κ2) is 11.1. The average molecular weight is 427 g/mol. The van der Waals surface area contributed by atoms with Crippen LogP contribution in [0.4, 0.5) is 0 Å². The molecule has 0 spiro atoms. The van der Waals surface area contributed by atoms with Crippen LogP contribution in [0.1, 0.15) is 47.4 Å². The maximum Gasteiger partial charge on any atom is 0.223 e. The van der Waals surface area contributed by atoms with E-state index in [0.29, 0.717) is 12.5 Å². The highest BCUT2D eigenvalue weighted by Crippen LogP contribution is 2.29. The first-order valence-electron chi connectivity index (χ1n) is 11.8. The standard InChI is InChI=1S/C29H34N2O/c1-23-10-8-9-15-27(23)22-30-29(32)26-16-19-31(20-17-26)21-18-28(24-11-4-2-5-12-24)25-13-6-3-7-14-25/h2-15,26,28H,16-22H2,1H3,(H,30,32). The first-order chi connectivity index (χ1) is 15.7. The van der Waals surface area contributed by atoms with Crippen LogP contribution in [-0.4, -0.2) is 30.4 Å². The number of amides is 1. The van der Waals surface area contributed by atoms with Crippen LogP contribution in [0.3, 0.4) is 0 Å². The molecule has 1 heterocycles. The maximum absolute atomic E-state index is 12.7. The summed E-state index contributed by atoms with van der Waals surface area (Å²) in [6.45, 7) is 5.78. The van der Waals surface area contributed by atoms with Gasteiger partial charge in [-0.15, -0.1) is 0 Å². The molecule has 32 heavy (non-hydrogen) atoms. The molecule has 1 aliphatic rings. The number of piperidine rings is 1. The van der Waals surface area contributed by atoms with E-state index in [1.807, 2.05) is 12.1 Å². The Morgan fingerprint density at radius 2 is 1.44 bits per heavy atom. The van der Waals surface area contributed by atoms with Gasteiger partial charge >= 0.3 is 0 Å². The molecular formula is C29H34N2O. The highest BCUT2D eigenvalue weighted by molar-refractivity contribution is 5.78. The summed E-state index contributed by atoms with van der Waals surface area (Å²) in [6, 6.07) is 29.9. The smallest absolute Gasteiger partial charge is 0.223 e. The summed E-state index contributed by atoms with van der Waals surface area (Å²) in [4.78, 5) is 15.2. The monoisotopic (exact) mass is 426 g/mol. The molecule has 0 unspecified atom stereocenters. The third-order valence-corrected chi connectivity index (χ3v) is 6.81. The highest BCUT2D eigenvalue weighted by atomic mass is 16.1. The van der Waals surface area contributed by atoms with Gasteiger partial charge < -0.3 is 10.2 Å². The molecule has 0 atom stereocenters. The Balaban J connectivity index is 1.27. The van der Waals surface area contributed by atoms with E-state index in [1.54, 1.807) is 0 Å². The number of likely N-dealkylation sites (tertiary alicyclic amines) is 1. The van der Waals surface area contributed by atoms with Gasteiger partial charge in [0.25, 0.3) is 0 Å². The van der Waals surface area contributed by atoms with Crippen LogP contribution in [-0.2, 0) is 11.3 Å². The fraction of sp³-hybridized carbons (Fsp3) is 0.345. The SMILES string of the molecule is Cc1ccccc1CNC(=O)C1CCN(CCC(c2ccccc2)c2ccccc2)CC1. The van der Waals surface area contributed by atoms with E-state index in [9.17, 15) is 4.79 Å². The van der Waals surface area contributed by atoms with Crippen molar-refractivity contribution in [1.82, 2.24) is 10.2 Å². The van der Waals surface area contributed by atoms with Gasteiger partial charge in [-0.05, 0) is 68.1 Å². The van der Waals surface area contributed by atoms with Crippen LogP contribution in [0.15, 0.2) is 84.9 Å². The molecular weight excluding hydrogens is 392 g/mol. The number of carbonyl (C=O) groups is 1. The molecule has 0 radical (unpaired) electrons. The van der Waals surface area contributed by atoms with Crippen LogP contribution in [0.5, 0.6) is 0 Å². The lowest BCUT2D eigenvalue weighted by Gasteiger charge is -2.32. The predicted molar refractivity (Wildman–Crippen MR) is 132 cm³/mol. The van der Waals surface area contributed by atoms with Gasteiger partial charge in [-0.2, -0.15) is 0 Å². The zero-order valence-corrected chi connectivity index (χ0v) is 19.0. The number of carbonyl (C=O) groups excluding carboxylic acids is 1. The molecule has 4 rings (SSSR count). The lowest BCUT2D eigenvalue weighted by Crippen LogP contribution is -2.41. The van der Waals surface area contributed by atoms with Crippen LogP contribution in [0, 0.1) is 12.8 Å². The summed E-state index contributed by atoms with van der Waals surface area (Å²) in [7, 11) is 0. The highest BCUT2D eigenvalue weighted by Gasteiger charge is 2.25. The van der Waals surface area contributed by atoms with E-state index in [-0.39, 0.29) is 11.8 Å². The Kier molecular flexibility index (Phi) is 7.73. The lowest BCUT2D eigenvalue weighted by molar-refractivity contribution is -0.126. The summed E-state index contributed by atoms with van der Waals surface area (Å²) in [5, 5.41) is 3.16. The quantitative estimate of drug-likeness (QED) is 0.512. The van der Waals surface area contributed by atoms with Gasteiger partial charge in [-0.1, -0.05) is 84.9 Å². The molecule has 1 amide bonds. The minimum absolute atomic E-state index is 0.134. The van der Waals surface area contributed by atoms with E-state index in [4.69, 9.17) is 0 Å². The van der Waals surface area contributed by atoms with Gasteiger partial charge in [0.05, 0.1) is 0 Å². The molecule has 1 N–H and O–H groups in total. The fourth-order valence-electron chi connectivity index (χ4n) is 4.76. The zero-order valence-electron chi connectivity index (χ0n) is 19.0. The lowest BCUT2D eigenvalue weighted by atomic mass is 9.88. The number of hydrogen-bond donors (Lipinski definition) is 1. The summed E-state index contributed by atoms with van der Waals surface area (Å²) < 4.78 is 0. The number of nitrogens with one attached hydrogen (secondary N) is 1. The summed E-state index contributed by atoms with van der Waals surface area (Å²) in [5.74, 6) is 0.751. The largest absolute Gasteiger partial charge is 0.352 e. The van der Waals surface area contributed by atoms with Gasteiger partial charge in [0.15, 0.2) is 0 Å². The predicted octanol–water partition coefficient (Wildman–Crippen LogP) is 5.55. The topological polar surface area (TPSA) is 32.3 Å². The molecule has 0 bridgehead atoms. The minimum Gasteiger partial charge on any atom is -0.352 e. The van der Waals surface area contributed by atoms with Crippen LogP contribution < -0.4 is 5.32 Å². The number of nitrogens with zero attached hydrogens (tertiary/aromatic N) is 1. The van der Waals surface area contributed by atoms with Crippen molar-refractivity contribution >= 4 is 5.91 Å². The van der Waals surface area contributed by atoms with Gasteiger partial charge in [-0.25, -0.2) is 0 Å². The Hall–Kier alpha value is -2.91. The summed E-state index contributed by atoms with van der Waals surface area (Å²) >= 11 is 0. The van der Waals surface area contributed by atoms with Gasteiger partial charge in [0.1, 0.15) is 0 Å². The number of rotatable bonds is 8. The van der Waals surface area contributed by atoms with Crippen molar-refractivity contribution in [3.05, 3.63) is 107 Å². The van der Waals surface area contributed by atoms with E-state index >= 15 is 0 Å². The first-order valence-corrected chi connectivity index (χ1v) is 11.8. The van der Waals surface area contributed by atoms with Crippen molar-refractivity contribution in [2.24, 2.45) is 5.92 Å². The average Bonchev–Trinajstić information content (AvgIpc) is 2.85. The molecule has 3 aromatic rings. The van der Waals surface area contributed by atoms with Crippen LogP contribution in [0.2, 0.25) is 0 Å². The third-order valence-electron chi connectivity index (χ3n) is 6.81. The molecule has 1 fully saturated rings. The van der Waals surface area contributed by atoms with Gasteiger partial charge in [0.2, 0.25) is 5.91 Å². The van der Waals surface area contributed by atoms with E-state index < -0.39 is 0 Å². The van der Waals surface area contributed by atoms with Crippen molar-refractivity contribution in [3.8, 4) is 0 Å². The molecule has 1 saturated heterocycles. The Labute approximate surface area is 192 Å². The molecule has 166 valence electrons. The van der Waals surface area contributed by atoms with E-state index in [0.717, 1.165) is 38.9 Å². The van der Waals surface area contributed by atoms with Gasteiger partial charge in [0, 0.05) is 18.4 Å². The van der Waals surface area contributed by atoms with E-state index in [1.165, 1.54) is 22.3 Å². The van der Waals surface area contributed by atoms with Crippen molar-refractivity contribution < 1.29 is 4.79 Å². The molecule has 3 heteroatoms. The first kappa shape index (κ1) is 22.3. The van der Waals surface area contributed by atoms with Crippen molar-refractivity contribution in [1.29, 1.82) is 0 Å². The van der Waals surface area contributed by atoms with Crippen molar-refractivity contribution in [2.75, 3.05) is 19.6 Å². The Bertz CT molecular complexity index is 939. The minimum atomic E-state index is 0.134. The molecule has 3 aromatic carbocycles. The maximum atomic E-state index is 12.7. The molecule has 3 nitrogen and oxygen atoms in total. The molecule has 0 saturated carbocycles.